The molecule has 0 amide bonds. The average molecular weight is 311 g/mol. The molecule has 0 aromatic heterocycles. The van der Waals surface area contributed by atoms with Gasteiger partial charge in [-0.1, -0.05) is 44.4 Å². The molecule has 0 saturated heterocycles. The summed E-state index contributed by atoms with van der Waals surface area (Å²) in [4.78, 5) is 0. The summed E-state index contributed by atoms with van der Waals surface area (Å²) in [6.45, 7) is 4.58. The van der Waals surface area contributed by atoms with Gasteiger partial charge in [0, 0.05) is 0 Å². The number of hydrazine groups is 1. The van der Waals surface area contributed by atoms with Gasteiger partial charge in [-0.3, -0.25) is 11.3 Å². The fraction of sp³-hybridized carbons (Fsp3) is 0.647. The highest BCUT2D eigenvalue weighted by Crippen LogP contribution is 2.51. The highest BCUT2D eigenvalue weighted by atomic mass is 35.5. The van der Waals surface area contributed by atoms with E-state index >= 15 is 0 Å². The summed E-state index contributed by atoms with van der Waals surface area (Å²) in [5.41, 5.74) is 4.48. The maximum Gasteiger partial charge on any atom is 0.137 e. The number of rotatable bonds is 6. The van der Waals surface area contributed by atoms with E-state index in [2.05, 4.69) is 25.3 Å². The molecule has 1 aromatic rings. The predicted molar refractivity (Wildman–Crippen MR) is 88.4 cm³/mol. The third-order valence-electron chi connectivity index (χ3n) is 4.70. The van der Waals surface area contributed by atoms with Gasteiger partial charge >= 0.3 is 0 Å². The third-order valence-corrected chi connectivity index (χ3v) is 5.01. The Kier molecular flexibility index (Phi) is 5.53. The lowest BCUT2D eigenvalue weighted by molar-refractivity contribution is 0.155. The molecule has 3 N–H and O–H groups in total. The molecule has 118 valence electrons. The summed E-state index contributed by atoms with van der Waals surface area (Å²) in [6, 6.07) is 6.13. The van der Waals surface area contributed by atoms with E-state index in [4.69, 9.17) is 22.2 Å². The van der Waals surface area contributed by atoms with Crippen LogP contribution >= 0.6 is 11.6 Å². The van der Waals surface area contributed by atoms with E-state index in [1.165, 1.54) is 37.7 Å². The Hall–Kier alpha value is -0.770. The predicted octanol–water partition coefficient (Wildman–Crippen LogP) is 4.46. The van der Waals surface area contributed by atoms with Gasteiger partial charge in [0.1, 0.15) is 5.75 Å². The first-order chi connectivity index (χ1) is 10.0. The Bertz CT molecular complexity index is 470. The molecule has 0 radical (unpaired) electrons. The maximum absolute atomic E-state index is 6.15. The lowest BCUT2D eigenvalue weighted by atomic mass is 9.70. The van der Waals surface area contributed by atoms with E-state index in [-0.39, 0.29) is 11.5 Å². The van der Waals surface area contributed by atoms with Gasteiger partial charge < -0.3 is 4.74 Å². The van der Waals surface area contributed by atoms with E-state index in [1.807, 2.05) is 12.1 Å². The van der Waals surface area contributed by atoms with Crippen molar-refractivity contribution < 1.29 is 4.74 Å². The number of benzene rings is 1. The first kappa shape index (κ1) is 16.6. The van der Waals surface area contributed by atoms with Crippen molar-refractivity contribution in [3.63, 3.8) is 0 Å². The van der Waals surface area contributed by atoms with Crippen molar-refractivity contribution >= 4 is 11.6 Å². The Morgan fingerprint density at radius 3 is 2.52 bits per heavy atom. The first-order valence-electron chi connectivity index (χ1n) is 7.82. The Morgan fingerprint density at radius 1 is 1.33 bits per heavy atom. The van der Waals surface area contributed by atoms with Gasteiger partial charge in [0.25, 0.3) is 0 Å². The van der Waals surface area contributed by atoms with Gasteiger partial charge in [-0.05, 0) is 48.3 Å². The van der Waals surface area contributed by atoms with Crippen LogP contribution in [0.15, 0.2) is 18.2 Å². The van der Waals surface area contributed by atoms with Gasteiger partial charge in [-0.15, -0.1) is 0 Å². The van der Waals surface area contributed by atoms with E-state index in [0.717, 1.165) is 0 Å². The molecule has 1 aliphatic carbocycles. The van der Waals surface area contributed by atoms with E-state index < -0.39 is 0 Å². The summed E-state index contributed by atoms with van der Waals surface area (Å²) in [5, 5.41) is 0.640. The standard InChI is InChI=1S/C17H27ClN2O/c1-12(2)11-17(8-4-5-9-17)16(20-19)13-6-7-14(18)15(10-13)21-3/h6-7,10,12,16,20H,4-5,8-9,11,19H2,1-3H3. The summed E-state index contributed by atoms with van der Waals surface area (Å²) in [7, 11) is 1.65. The molecule has 0 aliphatic heterocycles. The summed E-state index contributed by atoms with van der Waals surface area (Å²) in [6.07, 6.45) is 6.22. The van der Waals surface area contributed by atoms with Crippen LogP contribution in [0.3, 0.4) is 0 Å². The Labute approximate surface area is 133 Å². The fourth-order valence-electron chi connectivity index (χ4n) is 3.99. The van der Waals surface area contributed by atoms with Crippen LogP contribution in [0.5, 0.6) is 5.75 Å². The van der Waals surface area contributed by atoms with Crippen molar-refractivity contribution in [1.29, 1.82) is 0 Å². The molecular formula is C17H27ClN2O. The molecule has 21 heavy (non-hydrogen) atoms. The number of hydrogen-bond donors (Lipinski definition) is 2. The SMILES string of the molecule is COc1cc(C(NN)C2(CC(C)C)CCCC2)ccc1Cl. The van der Waals surface area contributed by atoms with Gasteiger partial charge in [0.05, 0.1) is 18.2 Å². The van der Waals surface area contributed by atoms with Crippen molar-refractivity contribution in [2.24, 2.45) is 17.2 Å². The number of nitrogens with two attached hydrogens (primary N) is 1. The van der Waals surface area contributed by atoms with Crippen LogP contribution in [-0.2, 0) is 0 Å². The minimum atomic E-state index is 0.147. The van der Waals surface area contributed by atoms with Gasteiger partial charge in [0.15, 0.2) is 0 Å². The zero-order valence-electron chi connectivity index (χ0n) is 13.3. The fourth-order valence-corrected chi connectivity index (χ4v) is 4.18. The van der Waals surface area contributed by atoms with Crippen molar-refractivity contribution in [2.45, 2.75) is 52.0 Å². The summed E-state index contributed by atoms with van der Waals surface area (Å²) >= 11 is 6.15. The monoisotopic (exact) mass is 310 g/mol. The van der Waals surface area contributed by atoms with Crippen molar-refractivity contribution in [1.82, 2.24) is 5.43 Å². The van der Waals surface area contributed by atoms with Crippen molar-refractivity contribution in [3.05, 3.63) is 28.8 Å². The third kappa shape index (κ3) is 3.53. The molecular weight excluding hydrogens is 284 g/mol. The Balaban J connectivity index is 2.36. The molecule has 0 bridgehead atoms. The van der Waals surface area contributed by atoms with E-state index in [9.17, 15) is 0 Å². The zero-order chi connectivity index (χ0) is 15.5. The Morgan fingerprint density at radius 2 is 2.00 bits per heavy atom. The minimum Gasteiger partial charge on any atom is -0.495 e. The maximum atomic E-state index is 6.15. The largest absolute Gasteiger partial charge is 0.495 e. The first-order valence-corrected chi connectivity index (χ1v) is 8.20. The lowest BCUT2D eigenvalue weighted by Gasteiger charge is -2.39. The quantitative estimate of drug-likeness (QED) is 0.602. The van der Waals surface area contributed by atoms with Gasteiger partial charge in [0.2, 0.25) is 0 Å². The normalized spacial score (nSPS) is 19.0. The molecule has 1 fully saturated rings. The molecule has 1 aliphatic rings. The summed E-state index contributed by atoms with van der Waals surface area (Å²) in [5.74, 6) is 7.33. The van der Waals surface area contributed by atoms with Crippen LogP contribution in [0, 0.1) is 11.3 Å². The van der Waals surface area contributed by atoms with Crippen LogP contribution in [0.1, 0.15) is 57.6 Å². The minimum absolute atomic E-state index is 0.147. The molecule has 1 unspecified atom stereocenters. The summed E-state index contributed by atoms with van der Waals surface area (Å²) < 4.78 is 5.36. The van der Waals surface area contributed by atoms with Crippen LogP contribution < -0.4 is 16.0 Å². The second-order valence-corrected chi connectivity index (χ2v) is 7.07. The average Bonchev–Trinajstić information content (AvgIpc) is 2.89. The highest BCUT2D eigenvalue weighted by molar-refractivity contribution is 6.32. The second kappa shape index (κ2) is 6.99. The number of halogens is 1. The molecule has 1 aromatic carbocycles. The van der Waals surface area contributed by atoms with Gasteiger partial charge in [-0.25, -0.2) is 0 Å². The lowest BCUT2D eigenvalue weighted by Crippen LogP contribution is -2.41. The number of nitrogens with one attached hydrogen (secondary N) is 1. The number of ether oxygens (including phenoxy) is 1. The number of hydrogen-bond acceptors (Lipinski definition) is 3. The smallest absolute Gasteiger partial charge is 0.137 e. The van der Waals surface area contributed by atoms with Crippen molar-refractivity contribution in [2.75, 3.05) is 7.11 Å². The van der Waals surface area contributed by atoms with Crippen LogP contribution in [-0.4, -0.2) is 7.11 Å². The van der Waals surface area contributed by atoms with Crippen LogP contribution in [0.2, 0.25) is 5.02 Å². The second-order valence-electron chi connectivity index (χ2n) is 6.66. The topological polar surface area (TPSA) is 47.3 Å². The molecule has 1 atom stereocenters. The van der Waals surface area contributed by atoms with Crippen LogP contribution in [0.25, 0.3) is 0 Å². The zero-order valence-corrected chi connectivity index (χ0v) is 14.0. The van der Waals surface area contributed by atoms with Gasteiger partial charge in [-0.2, -0.15) is 0 Å². The van der Waals surface area contributed by atoms with E-state index in [1.54, 1.807) is 7.11 Å². The molecule has 4 heteroatoms. The number of methoxy groups -OCH3 is 1. The molecule has 1 saturated carbocycles. The molecule has 0 heterocycles. The van der Waals surface area contributed by atoms with Crippen molar-refractivity contribution in [3.8, 4) is 5.75 Å². The molecule has 2 rings (SSSR count). The molecule has 3 nitrogen and oxygen atoms in total. The molecule has 0 spiro atoms. The van der Waals surface area contributed by atoms with E-state index in [0.29, 0.717) is 16.7 Å². The highest BCUT2D eigenvalue weighted by Gasteiger charge is 2.42. The van der Waals surface area contributed by atoms with Crippen LogP contribution in [0.4, 0.5) is 0 Å².